The van der Waals surface area contributed by atoms with Crippen molar-refractivity contribution in [1.29, 1.82) is 0 Å². The zero-order valence-corrected chi connectivity index (χ0v) is 16.8. The summed E-state index contributed by atoms with van der Waals surface area (Å²) in [5, 5.41) is 2.85. The highest BCUT2D eigenvalue weighted by molar-refractivity contribution is 7.92. The van der Waals surface area contributed by atoms with Gasteiger partial charge in [0.2, 0.25) is 0 Å². The molecule has 0 atom stereocenters. The van der Waals surface area contributed by atoms with Crippen molar-refractivity contribution in [2.45, 2.75) is 18.7 Å². The molecule has 0 aliphatic carbocycles. The summed E-state index contributed by atoms with van der Waals surface area (Å²) in [6.45, 7) is 3.97. The van der Waals surface area contributed by atoms with Crippen LogP contribution in [-0.4, -0.2) is 21.4 Å². The Morgan fingerprint density at radius 2 is 1.50 bits per heavy atom. The molecule has 1 amide bonds. The minimum Gasteiger partial charge on any atom is -0.322 e. The lowest BCUT2D eigenvalue weighted by molar-refractivity contribution is 0.102. The number of anilines is 2. The Morgan fingerprint density at radius 1 is 0.857 bits per heavy atom. The van der Waals surface area contributed by atoms with E-state index in [4.69, 9.17) is 0 Å². The van der Waals surface area contributed by atoms with Crippen LogP contribution in [-0.2, 0) is 10.0 Å². The maximum atomic E-state index is 12.9. The highest BCUT2D eigenvalue weighted by atomic mass is 32.2. The Morgan fingerprint density at radius 3 is 2.18 bits per heavy atom. The summed E-state index contributed by atoms with van der Waals surface area (Å²) in [5.41, 5.74) is 3.45. The highest BCUT2D eigenvalue weighted by Gasteiger charge is 2.24. The SMILES string of the molecule is Cc1ccc(NC(=O)c2ccccc2N(C)S(=O)(=O)c2ccccc2)cc1C. The Hall–Kier alpha value is -3.12. The van der Waals surface area contributed by atoms with Crippen LogP contribution >= 0.6 is 0 Å². The van der Waals surface area contributed by atoms with Gasteiger partial charge in [-0.1, -0.05) is 36.4 Å². The maximum absolute atomic E-state index is 12.9. The van der Waals surface area contributed by atoms with Gasteiger partial charge in [-0.2, -0.15) is 0 Å². The first-order valence-electron chi connectivity index (χ1n) is 8.82. The fourth-order valence-corrected chi connectivity index (χ4v) is 4.07. The van der Waals surface area contributed by atoms with Crippen LogP contribution in [0.25, 0.3) is 0 Å². The molecule has 0 aliphatic heterocycles. The van der Waals surface area contributed by atoms with E-state index in [-0.39, 0.29) is 16.4 Å². The molecule has 0 aliphatic rings. The van der Waals surface area contributed by atoms with E-state index < -0.39 is 10.0 Å². The monoisotopic (exact) mass is 394 g/mol. The molecule has 0 radical (unpaired) electrons. The number of sulfonamides is 1. The van der Waals surface area contributed by atoms with Crippen molar-refractivity contribution in [2.24, 2.45) is 0 Å². The summed E-state index contributed by atoms with van der Waals surface area (Å²) in [6, 6.07) is 20.4. The zero-order valence-electron chi connectivity index (χ0n) is 16.0. The number of nitrogens with zero attached hydrogens (tertiary/aromatic N) is 1. The van der Waals surface area contributed by atoms with Gasteiger partial charge >= 0.3 is 0 Å². The maximum Gasteiger partial charge on any atom is 0.264 e. The third-order valence-corrected chi connectivity index (χ3v) is 6.44. The third kappa shape index (κ3) is 3.92. The molecule has 0 unspecified atom stereocenters. The topological polar surface area (TPSA) is 66.5 Å². The molecular formula is C22H22N2O3S. The largest absolute Gasteiger partial charge is 0.322 e. The summed E-state index contributed by atoms with van der Waals surface area (Å²) in [4.78, 5) is 13.0. The Labute approximate surface area is 165 Å². The lowest BCUT2D eigenvalue weighted by Gasteiger charge is -2.22. The predicted molar refractivity (Wildman–Crippen MR) is 112 cm³/mol. The smallest absolute Gasteiger partial charge is 0.264 e. The standard InChI is InChI=1S/C22H22N2O3S/c1-16-13-14-18(15-17(16)2)23-22(25)20-11-7-8-12-21(20)24(3)28(26,27)19-9-5-4-6-10-19/h4-15H,1-3H3,(H,23,25). The molecule has 144 valence electrons. The van der Waals surface area contributed by atoms with Gasteiger partial charge in [0.25, 0.3) is 15.9 Å². The second kappa shape index (κ2) is 7.86. The first-order chi connectivity index (χ1) is 13.3. The Kier molecular flexibility index (Phi) is 5.51. The van der Waals surface area contributed by atoms with Crippen LogP contribution in [0.15, 0.2) is 77.7 Å². The number of nitrogens with one attached hydrogen (secondary N) is 1. The van der Waals surface area contributed by atoms with E-state index in [0.717, 1.165) is 15.4 Å². The van der Waals surface area contributed by atoms with Gasteiger partial charge in [-0.05, 0) is 61.4 Å². The lowest BCUT2D eigenvalue weighted by Crippen LogP contribution is -2.29. The van der Waals surface area contributed by atoms with Crippen molar-refractivity contribution in [3.63, 3.8) is 0 Å². The molecule has 0 saturated heterocycles. The molecule has 5 nitrogen and oxygen atoms in total. The van der Waals surface area contributed by atoms with E-state index in [1.54, 1.807) is 42.5 Å². The number of rotatable bonds is 5. The van der Waals surface area contributed by atoms with Gasteiger partial charge in [-0.15, -0.1) is 0 Å². The lowest BCUT2D eigenvalue weighted by atomic mass is 10.1. The molecule has 0 spiro atoms. The van der Waals surface area contributed by atoms with Gasteiger partial charge < -0.3 is 5.32 Å². The predicted octanol–water partition coefficient (Wildman–Crippen LogP) is 4.38. The van der Waals surface area contributed by atoms with Crippen LogP contribution in [0.2, 0.25) is 0 Å². The number of aryl methyl sites for hydroxylation is 2. The fraction of sp³-hybridized carbons (Fsp3) is 0.136. The van der Waals surface area contributed by atoms with Crippen molar-refractivity contribution in [2.75, 3.05) is 16.7 Å². The fourth-order valence-electron chi connectivity index (χ4n) is 2.84. The van der Waals surface area contributed by atoms with Crippen LogP contribution < -0.4 is 9.62 Å². The summed E-state index contributed by atoms with van der Waals surface area (Å²) in [6.07, 6.45) is 0. The van der Waals surface area contributed by atoms with Gasteiger partial charge in [0, 0.05) is 12.7 Å². The van der Waals surface area contributed by atoms with Crippen molar-refractivity contribution in [1.82, 2.24) is 0 Å². The van der Waals surface area contributed by atoms with E-state index in [0.29, 0.717) is 11.4 Å². The van der Waals surface area contributed by atoms with Crippen LogP contribution in [0.4, 0.5) is 11.4 Å². The summed E-state index contributed by atoms with van der Waals surface area (Å²) in [7, 11) is -2.33. The normalized spacial score (nSPS) is 11.1. The number of carbonyl (C=O) groups is 1. The van der Waals surface area contributed by atoms with Gasteiger partial charge in [-0.3, -0.25) is 9.10 Å². The first-order valence-corrected chi connectivity index (χ1v) is 10.3. The number of para-hydroxylation sites is 1. The van der Waals surface area contributed by atoms with Gasteiger partial charge in [-0.25, -0.2) is 8.42 Å². The number of hydrogen-bond acceptors (Lipinski definition) is 3. The van der Waals surface area contributed by atoms with E-state index >= 15 is 0 Å². The molecule has 0 saturated carbocycles. The van der Waals surface area contributed by atoms with Crippen LogP contribution in [0.3, 0.4) is 0 Å². The number of carbonyl (C=O) groups excluding carboxylic acids is 1. The second-order valence-electron chi connectivity index (χ2n) is 6.56. The molecule has 3 aromatic rings. The van der Waals surface area contributed by atoms with Gasteiger partial charge in [0.05, 0.1) is 16.1 Å². The molecule has 0 heterocycles. The van der Waals surface area contributed by atoms with Crippen LogP contribution in [0.1, 0.15) is 21.5 Å². The second-order valence-corrected chi connectivity index (χ2v) is 8.53. The molecular weight excluding hydrogens is 372 g/mol. The van der Waals surface area contributed by atoms with Crippen molar-refractivity contribution >= 4 is 27.3 Å². The van der Waals surface area contributed by atoms with Crippen molar-refractivity contribution < 1.29 is 13.2 Å². The summed E-state index contributed by atoms with van der Waals surface area (Å²) >= 11 is 0. The number of benzene rings is 3. The van der Waals surface area contributed by atoms with Gasteiger partial charge in [0.15, 0.2) is 0 Å². The number of amides is 1. The molecule has 3 rings (SSSR count). The molecule has 6 heteroatoms. The minimum absolute atomic E-state index is 0.168. The molecule has 1 N–H and O–H groups in total. The molecule has 0 bridgehead atoms. The minimum atomic E-state index is -3.78. The number of hydrogen-bond donors (Lipinski definition) is 1. The average Bonchev–Trinajstić information content (AvgIpc) is 2.70. The zero-order chi connectivity index (χ0) is 20.3. The Bertz CT molecular complexity index is 1110. The van der Waals surface area contributed by atoms with E-state index in [1.165, 1.54) is 19.2 Å². The van der Waals surface area contributed by atoms with E-state index in [2.05, 4.69) is 5.32 Å². The van der Waals surface area contributed by atoms with Crippen molar-refractivity contribution in [3.05, 3.63) is 89.5 Å². The Balaban J connectivity index is 1.94. The van der Waals surface area contributed by atoms with Crippen LogP contribution in [0.5, 0.6) is 0 Å². The molecule has 0 aromatic heterocycles. The quantitative estimate of drug-likeness (QED) is 0.698. The van der Waals surface area contributed by atoms with Gasteiger partial charge in [0.1, 0.15) is 0 Å². The molecule has 3 aromatic carbocycles. The molecule has 0 fully saturated rings. The summed E-state index contributed by atoms with van der Waals surface area (Å²) < 4.78 is 27.0. The highest BCUT2D eigenvalue weighted by Crippen LogP contribution is 2.26. The van der Waals surface area contributed by atoms with E-state index in [9.17, 15) is 13.2 Å². The molecule has 28 heavy (non-hydrogen) atoms. The first kappa shape index (κ1) is 19.6. The van der Waals surface area contributed by atoms with Crippen molar-refractivity contribution in [3.8, 4) is 0 Å². The van der Waals surface area contributed by atoms with E-state index in [1.807, 2.05) is 32.0 Å². The van der Waals surface area contributed by atoms with Crippen LogP contribution in [0, 0.1) is 13.8 Å². The average molecular weight is 394 g/mol. The third-order valence-electron chi connectivity index (χ3n) is 4.65. The summed E-state index contributed by atoms with van der Waals surface area (Å²) in [5.74, 6) is -0.367.